The zero-order valence-corrected chi connectivity index (χ0v) is 41.6. The highest BCUT2D eigenvalue weighted by atomic mass is 31.3. The molecule has 3 rings (SSSR count). The monoisotopic (exact) mass is 1010 g/mol. The van der Waals surface area contributed by atoms with Crippen molar-refractivity contribution in [1.82, 2.24) is 9.55 Å². The van der Waals surface area contributed by atoms with Crippen molar-refractivity contribution in [1.29, 1.82) is 0 Å². The number of nitrogens with two attached hydrogens (primary N) is 1. The molecule has 0 saturated carbocycles. The molecule has 2 aliphatic heterocycles. The first-order valence-corrected chi connectivity index (χ1v) is 27.2. The van der Waals surface area contributed by atoms with E-state index >= 15 is 0 Å². The second-order valence-electron chi connectivity index (χ2n) is 18.2. The lowest BCUT2D eigenvalue weighted by atomic mass is 9.83. The molecule has 2 unspecified atom stereocenters. The summed E-state index contributed by atoms with van der Waals surface area (Å²) in [6.07, 6.45) is 3.41. The molecular formula is C45H77N3O18P2. The number of aliphatic hydroxyl groups excluding tert-OH is 4. The van der Waals surface area contributed by atoms with Crippen LogP contribution >= 0.6 is 15.6 Å². The number of unbranched alkanes of at least 4 members (excludes halogenated alkanes) is 8. The minimum atomic E-state index is -5.70. The molecule has 3 heterocycles. The zero-order chi connectivity index (χ0) is 50.3. The fourth-order valence-corrected chi connectivity index (χ4v) is 10.1. The predicted molar refractivity (Wildman–Crippen MR) is 248 cm³/mol. The number of Topliss-reactive ketones (excluding diaryl/α,β-unsaturated/α-hetero) is 1. The van der Waals surface area contributed by atoms with Gasteiger partial charge in [0.1, 0.15) is 36.6 Å². The van der Waals surface area contributed by atoms with Crippen LogP contribution in [0.5, 0.6) is 0 Å². The van der Waals surface area contributed by atoms with Crippen LogP contribution < -0.4 is 11.4 Å². The summed E-state index contributed by atoms with van der Waals surface area (Å²) in [6, 6.07) is 1.23. The second-order valence-corrected chi connectivity index (χ2v) is 21.3. The van der Waals surface area contributed by atoms with Gasteiger partial charge < -0.3 is 50.2 Å². The molecule has 11 atom stereocenters. The number of ether oxygens (including phenoxy) is 3. The first-order valence-electron chi connectivity index (χ1n) is 24.2. The highest BCUT2D eigenvalue weighted by Gasteiger charge is 2.45. The fourth-order valence-electron chi connectivity index (χ4n) is 8.04. The van der Waals surface area contributed by atoms with Gasteiger partial charge >= 0.3 is 33.3 Å². The Kier molecular flexibility index (Phi) is 26.9. The number of aliphatic hydroxyl groups is 4. The number of phosphoric ester groups is 2. The van der Waals surface area contributed by atoms with Crippen molar-refractivity contribution >= 4 is 39.2 Å². The maximum atomic E-state index is 14.3. The Labute approximate surface area is 399 Å². The Bertz CT molecular complexity index is 1870. The van der Waals surface area contributed by atoms with Crippen LogP contribution in [0.25, 0.3) is 0 Å². The Balaban J connectivity index is 1.87. The molecule has 2 aliphatic rings. The van der Waals surface area contributed by atoms with Crippen LogP contribution in [0.2, 0.25) is 0 Å². The number of cyclic esters (lactones) is 1. The molecule has 0 aliphatic carbocycles. The largest absolute Gasteiger partial charge is 0.481 e. The van der Waals surface area contributed by atoms with Gasteiger partial charge in [0.05, 0.1) is 37.4 Å². The minimum absolute atomic E-state index is 0.00111. The number of rotatable bonds is 19. The van der Waals surface area contributed by atoms with Crippen LogP contribution in [0.4, 0.5) is 5.82 Å². The number of anilines is 1. The summed E-state index contributed by atoms with van der Waals surface area (Å²) in [5, 5.41) is 45.4. The number of hydrogen-bond donors (Lipinski definition) is 7. The molecule has 2 saturated heterocycles. The maximum Gasteiger partial charge on any atom is 0.481 e. The van der Waals surface area contributed by atoms with E-state index in [0.29, 0.717) is 44.4 Å². The summed E-state index contributed by atoms with van der Waals surface area (Å²) >= 11 is 0. The lowest BCUT2D eigenvalue weighted by Crippen LogP contribution is -2.51. The number of nitrogens with zero attached hydrogens (tertiary/aromatic N) is 2. The van der Waals surface area contributed by atoms with Crippen LogP contribution in [-0.4, -0.2) is 114 Å². The molecule has 1 aromatic rings. The molecule has 0 spiro atoms. The van der Waals surface area contributed by atoms with Gasteiger partial charge in [-0.25, -0.2) is 13.9 Å². The molecule has 8 N–H and O–H groups in total. The van der Waals surface area contributed by atoms with Crippen LogP contribution in [0.1, 0.15) is 155 Å². The van der Waals surface area contributed by atoms with Crippen molar-refractivity contribution in [2.24, 2.45) is 17.8 Å². The van der Waals surface area contributed by atoms with Gasteiger partial charge in [-0.05, 0) is 37.7 Å². The van der Waals surface area contributed by atoms with Gasteiger partial charge in [0.25, 0.3) is 0 Å². The summed E-state index contributed by atoms with van der Waals surface area (Å²) in [5.41, 5.74) is 4.74. The van der Waals surface area contributed by atoms with Crippen LogP contribution in [0, 0.1) is 17.8 Å². The van der Waals surface area contributed by atoms with Crippen LogP contribution in [-0.2, 0) is 51.1 Å². The molecule has 23 heteroatoms. The van der Waals surface area contributed by atoms with E-state index in [0.717, 1.165) is 49.5 Å². The highest BCUT2D eigenvalue weighted by Crippen LogP contribution is 2.60. The number of carbonyl (C=O) groups excluding carboxylic acids is 3. The van der Waals surface area contributed by atoms with Crippen LogP contribution in [0.15, 0.2) is 29.2 Å². The maximum absolute atomic E-state index is 14.3. The van der Waals surface area contributed by atoms with E-state index in [-0.39, 0.29) is 31.5 Å². The number of ketones is 1. The summed E-state index contributed by atoms with van der Waals surface area (Å²) < 4.78 is 58.7. The Morgan fingerprint density at radius 2 is 1.56 bits per heavy atom. The van der Waals surface area contributed by atoms with Crippen molar-refractivity contribution in [3.05, 3.63) is 34.9 Å². The van der Waals surface area contributed by atoms with Gasteiger partial charge in [0.15, 0.2) is 6.10 Å². The van der Waals surface area contributed by atoms with E-state index in [1.807, 2.05) is 6.92 Å². The first kappa shape index (κ1) is 59.4. The van der Waals surface area contributed by atoms with E-state index < -0.39 is 120 Å². The van der Waals surface area contributed by atoms with Crippen molar-refractivity contribution in [3.8, 4) is 0 Å². The molecule has 2 bridgehead atoms. The second kappa shape index (κ2) is 30.7. The number of carbonyl (C=O) groups is 3. The van der Waals surface area contributed by atoms with E-state index in [4.69, 9.17) is 29.0 Å². The predicted octanol–water partition coefficient (Wildman–Crippen LogP) is 5.72. The standard InChI is InChI=1S/C45H77N3O18P2/c1-4-5-13-19-32(49)23-24-34-36(50)27-37(51)35-20-15-11-12-17-22-41(53)64-33(28-61-40(52)21-16-10-8-6-7-9-14-18-31(2)3)29-62-67(57,58)66-68(59,60)63-30-38(43(55)42(34)54)65-44(35)48-26-25-39(46)47-45(48)56/h23-26,31-36,38,42-44,49-50,54-55H,4-22,27-30H2,1-3H3,(H,57,58)(H,59,60)(H2,46,47,56)/t32-,33+,34-,35-,36+,38+,42-,43+,44+/m0/s1. The van der Waals surface area contributed by atoms with Gasteiger partial charge in [-0.1, -0.05) is 116 Å². The summed E-state index contributed by atoms with van der Waals surface area (Å²) in [7, 11) is -11.3. The molecule has 0 aromatic carbocycles. The fraction of sp³-hybridized carbons (Fsp3) is 0.800. The van der Waals surface area contributed by atoms with Gasteiger partial charge in [0.2, 0.25) is 0 Å². The normalized spacial score (nSPS) is 30.5. The SMILES string of the molecule is CCCCC[C@H](O)C=C[C@@H]1[C@H](O)[C@H](O)[C@H]2COP(=O)(O)OP(=O)(O)OC[C@@H](COC(=O)CCCCCCCCCC(C)C)OC(=O)CCCCCC[C@@H](C(=O)C[C@H]1O)[C@H](n1ccc(N)nc1=O)O2. The van der Waals surface area contributed by atoms with Crippen molar-refractivity contribution < 1.29 is 81.3 Å². The Morgan fingerprint density at radius 3 is 2.24 bits per heavy atom. The van der Waals surface area contributed by atoms with E-state index in [2.05, 4.69) is 23.1 Å². The first-order chi connectivity index (χ1) is 32.2. The lowest BCUT2D eigenvalue weighted by molar-refractivity contribution is -0.184. The number of phosphoric acid groups is 2. The molecule has 1 aromatic heterocycles. The van der Waals surface area contributed by atoms with E-state index in [9.17, 15) is 58.5 Å². The molecule has 0 radical (unpaired) electrons. The van der Waals surface area contributed by atoms with E-state index in [1.165, 1.54) is 37.3 Å². The summed E-state index contributed by atoms with van der Waals surface area (Å²) in [5.74, 6) is -4.24. The number of hydrogen-bond acceptors (Lipinski definition) is 18. The smallest absolute Gasteiger partial charge is 0.462 e. The molecule has 390 valence electrons. The third-order valence-electron chi connectivity index (χ3n) is 11.9. The molecule has 2 fully saturated rings. The number of nitrogen functional groups attached to an aromatic ring is 1. The third kappa shape index (κ3) is 22.4. The van der Waals surface area contributed by atoms with Gasteiger partial charge in [-0.2, -0.15) is 9.29 Å². The van der Waals surface area contributed by atoms with Crippen molar-refractivity contribution in [2.75, 3.05) is 25.6 Å². The summed E-state index contributed by atoms with van der Waals surface area (Å²) in [4.78, 5) is 78.1. The molecule has 68 heavy (non-hydrogen) atoms. The minimum Gasteiger partial charge on any atom is -0.462 e. The molecular weight excluding hydrogens is 932 g/mol. The zero-order valence-electron chi connectivity index (χ0n) is 39.8. The average molecular weight is 1010 g/mol. The van der Waals surface area contributed by atoms with Gasteiger partial charge in [-0.15, -0.1) is 0 Å². The quantitative estimate of drug-likeness (QED) is 0.0377. The van der Waals surface area contributed by atoms with E-state index in [1.54, 1.807) is 0 Å². The summed E-state index contributed by atoms with van der Waals surface area (Å²) in [6.45, 7) is 3.68. The number of fused-ring (bicyclic) bond motifs is 3. The Hall–Kier alpha value is -2.91. The average Bonchev–Trinajstić information content (AvgIpc) is 3.25. The highest BCUT2D eigenvalue weighted by molar-refractivity contribution is 7.61. The lowest BCUT2D eigenvalue weighted by Gasteiger charge is -2.38. The van der Waals surface area contributed by atoms with Crippen LogP contribution in [0.3, 0.4) is 0 Å². The van der Waals surface area contributed by atoms with Gasteiger partial charge in [-0.3, -0.25) is 28.0 Å². The van der Waals surface area contributed by atoms with Crippen molar-refractivity contribution in [2.45, 2.75) is 192 Å². The van der Waals surface area contributed by atoms with Crippen molar-refractivity contribution in [3.63, 3.8) is 0 Å². The molecule has 0 amide bonds. The number of aromatic nitrogens is 2. The van der Waals surface area contributed by atoms with Gasteiger partial charge in [0, 0.05) is 31.4 Å². The Morgan fingerprint density at radius 1 is 0.912 bits per heavy atom. The third-order valence-corrected chi connectivity index (χ3v) is 14.5. The topological polar surface area (TPSA) is 323 Å². The molecule has 21 nitrogen and oxygen atoms in total. The number of esters is 2.